The molecule has 0 fully saturated rings. The molecule has 0 bridgehead atoms. The predicted molar refractivity (Wildman–Crippen MR) is 79.1 cm³/mol. The van der Waals surface area contributed by atoms with E-state index in [1.165, 1.54) is 0 Å². The quantitative estimate of drug-likeness (QED) is 0.915. The fourth-order valence-corrected chi connectivity index (χ4v) is 2.42. The van der Waals surface area contributed by atoms with E-state index in [2.05, 4.69) is 47.4 Å². The van der Waals surface area contributed by atoms with E-state index in [4.69, 9.17) is 5.73 Å². The van der Waals surface area contributed by atoms with Crippen LogP contribution in [0.3, 0.4) is 0 Å². The van der Waals surface area contributed by atoms with Crippen LogP contribution in [0.4, 0.5) is 5.95 Å². The minimum atomic E-state index is 0.272. The maximum Gasteiger partial charge on any atom is 0.202 e. The van der Waals surface area contributed by atoms with Gasteiger partial charge in [0, 0.05) is 12.7 Å². The van der Waals surface area contributed by atoms with E-state index in [0.717, 1.165) is 23.3 Å². The number of anilines is 1. The second-order valence-corrected chi connectivity index (χ2v) is 5.71. The molecule has 2 aromatic heterocycles. The third-order valence-corrected chi connectivity index (χ3v) is 3.46. The molecule has 2 N–H and O–H groups in total. The number of nitrogens with two attached hydrogens (primary N) is 1. The highest BCUT2D eigenvalue weighted by Crippen LogP contribution is 2.27. The Bertz CT molecular complexity index is 570. The molecule has 0 aliphatic carbocycles. The average Bonchev–Trinajstić information content (AvgIpc) is 2.64. The lowest BCUT2D eigenvalue weighted by atomic mass is 10.0. The summed E-state index contributed by atoms with van der Waals surface area (Å²) in [5.41, 5.74) is 9.04. The molecular weight excluding hydrogens is 238 g/mol. The monoisotopic (exact) mass is 261 g/mol. The maximum atomic E-state index is 6.13. The Kier molecular flexibility index (Phi) is 3.75. The number of aromatic nitrogens is 3. The third kappa shape index (κ3) is 2.56. The SMILES string of the molecule is Cc1ccnc2c1nc(N)n2C(CN(C)C)C(C)C. The Morgan fingerprint density at radius 2 is 2.05 bits per heavy atom. The van der Waals surface area contributed by atoms with Crippen molar-refractivity contribution in [1.29, 1.82) is 0 Å². The fourth-order valence-electron chi connectivity index (χ4n) is 2.42. The maximum absolute atomic E-state index is 6.13. The summed E-state index contributed by atoms with van der Waals surface area (Å²) in [4.78, 5) is 11.1. The van der Waals surface area contributed by atoms with Gasteiger partial charge in [-0.05, 0) is 38.6 Å². The van der Waals surface area contributed by atoms with E-state index in [9.17, 15) is 0 Å². The molecule has 19 heavy (non-hydrogen) atoms. The van der Waals surface area contributed by atoms with Gasteiger partial charge in [0.2, 0.25) is 5.95 Å². The van der Waals surface area contributed by atoms with Gasteiger partial charge in [-0.3, -0.25) is 4.57 Å². The highest BCUT2D eigenvalue weighted by atomic mass is 15.2. The first-order valence-electron chi connectivity index (χ1n) is 6.65. The Hall–Kier alpha value is -1.62. The number of fused-ring (bicyclic) bond motifs is 1. The summed E-state index contributed by atoms with van der Waals surface area (Å²) in [6, 6.07) is 2.24. The molecule has 5 nitrogen and oxygen atoms in total. The first-order valence-corrected chi connectivity index (χ1v) is 6.65. The number of nitrogen functional groups attached to an aromatic ring is 1. The van der Waals surface area contributed by atoms with Crippen molar-refractivity contribution < 1.29 is 0 Å². The van der Waals surface area contributed by atoms with Crippen molar-refractivity contribution >= 4 is 17.1 Å². The summed E-state index contributed by atoms with van der Waals surface area (Å²) >= 11 is 0. The highest BCUT2D eigenvalue weighted by molar-refractivity contribution is 5.77. The Labute approximate surface area is 114 Å². The van der Waals surface area contributed by atoms with E-state index in [1.54, 1.807) is 0 Å². The van der Waals surface area contributed by atoms with E-state index in [0.29, 0.717) is 11.9 Å². The molecule has 0 aliphatic rings. The molecule has 2 aromatic rings. The molecule has 0 spiro atoms. The molecule has 104 valence electrons. The normalized spacial score (nSPS) is 13.6. The Morgan fingerprint density at radius 3 is 2.63 bits per heavy atom. The number of aryl methyl sites for hydroxylation is 1. The summed E-state index contributed by atoms with van der Waals surface area (Å²) in [6.07, 6.45) is 1.82. The minimum absolute atomic E-state index is 0.272. The van der Waals surface area contributed by atoms with Crippen molar-refractivity contribution in [3.8, 4) is 0 Å². The molecule has 0 saturated carbocycles. The first-order chi connectivity index (χ1) is 8.91. The molecular formula is C14H23N5. The topological polar surface area (TPSA) is 60.0 Å². The molecule has 0 radical (unpaired) electrons. The lowest BCUT2D eigenvalue weighted by Gasteiger charge is -2.26. The summed E-state index contributed by atoms with van der Waals surface area (Å²) in [5, 5.41) is 0. The Morgan fingerprint density at radius 1 is 1.37 bits per heavy atom. The van der Waals surface area contributed by atoms with E-state index in [-0.39, 0.29) is 6.04 Å². The second-order valence-electron chi connectivity index (χ2n) is 5.71. The molecule has 0 aliphatic heterocycles. The van der Waals surface area contributed by atoms with Crippen molar-refractivity contribution in [3.63, 3.8) is 0 Å². The van der Waals surface area contributed by atoms with Crippen LogP contribution < -0.4 is 5.73 Å². The van der Waals surface area contributed by atoms with E-state index < -0.39 is 0 Å². The van der Waals surface area contributed by atoms with Crippen LogP contribution in [0.2, 0.25) is 0 Å². The molecule has 2 rings (SSSR count). The van der Waals surface area contributed by atoms with Gasteiger partial charge in [-0.1, -0.05) is 13.8 Å². The zero-order valence-corrected chi connectivity index (χ0v) is 12.4. The van der Waals surface area contributed by atoms with Gasteiger partial charge < -0.3 is 10.6 Å². The number of hydrogen-bond donors (Lipinski definition) is 1. The molecule has 1 unspecified atom stereocenters. The standard InChI is InChI=1S/C14H23N5/c1-9(2)11(8-18(4)5)19-13-12(17-14(19)15)10(3)6-7-16-13/h6-7,9,11H,8H2,1-5H3,(H2,15,17). The van der Waals surface area contributed by atoms with Gasteiger partial charge in [0.15, 0.2) is 5.65 Å². The lowest BCUT2D eigenvalue weighted by molar-refractivity contribution is 0.275. The molecule has 1 atom stereocenters. The van der Waals surface area contributed by atoms with Crippen LogP contribution in [0.15, 0.2) is 12.3 Å². The molecule has 0 amide bonds. The van der Waals surface area contributed by atoms with Gasteiger partial charge in [0.25, 0.3) is 0 Å². The van der Waals surface area contributed by atoms with Crippen molar-refractivity contribution in [2.24, 2.45) is 5.92 Å². The van der Waals surface area contributed by atoms with Crippen LogP contribution in [0.5, 0.6) is 0 Å². The van der Waals surface area contributed by atoms with E-state index in [1.807, 2.05) is 19.2 Å². The zero-order valence-electron chi connectivity index (χ0n) is 12.4. The molecule has 2 heterocycles. The molecule has 0 saturated heterocycles. The summed E-state index contributed by atoms with van der Waals surface area (Å²) in [6.45, 7) is 7.37. The van der Waals surface area contributed by atoms with Crippen molar-refractivity contribution in [1.82, 2.24) is 19.4 Å². The largest absolute Gasteiger partial charge is 0.369 e. The fraction of sp³-hybridized carbons (Fsp3) is 0.571. The summed E-state index contributed by atoms with van der Waals surface area (Å²) < 4.78 is 2.08. The van der Waals surface area contributed by atoms with Crippen LogP contribution in [0.25, 0.3) is 11.2 Å². The van der Waals surface area contributed by atoms with Crippen LogP contribution in [-0.2, 0) is 0 Å². The zero-order chi connectivity index (χ0) is 14.2. The van der Waals surface area contributed by atoms with Gasteiger partial charge in [0.05, 0.1) is 6.04 Å². The third-order valence-electron chi connectivity index (χ3n) is 3.46. The summed E-state index contributed by atoms with van der Waals surface area (Å²) in [5.74, 6) is 1.02. The van der Waals surface area contributed by atoms with Gasteiger partial charge in [-0.25, -0.2) is 9.97 Å². The van der Waals surface area contributed by atoms with Crippen molar-refractivity contribution in [3.05, 3.63) is 17.8 Å². The minimum Gasteiger partial charge on any atom is -0.369 e. The van der Waals surface area contributed by atoms with Crippen LogP contribution in [0, 0.1) is 12.8 Å². The lowest BCUT2D eigenvalue weighted by Crippen LogP contribution is -2.29. The number of rotatable bonds is 4. The smallest absolute Gasteiger partial charge is 0.202 e. The second kappa shape index (κ2) is 5.17. The summed E-state index contributed by atoms with van der Waals surface area (Å²) in [7, 11) is 4.15. The number of nitrogens with zero attached hydrogens (tertiary/aromatic N) is 4. The highest BCUT2D eigenvalue weighted by Gasteiger charge is 2.22. The van der Waals surface area contributed by atoms with Crippen LogP contribution >= 0.6 is 0 Å². The number of pyridine rings is 1. The number of hydrogen-bond acceptors (Lipinski definition) is 4. The molecule has 5 heteroatoms. The van der Waals surface area contributed by atoms with Gasteiger partial charge in [0.1, 0.15) is 5.52 Å². The predicted octanol–water partition coefficient (Wildman–Crippen LogP) is 2.08. The van der Waals surface area contributed by atoms with Gasteiger partial charge in [-0.2, -0.15) is 0 Å². The first kappa shape index (κ1) is 13.8. The van der Waals surface area contributed by atoms with Crippen LogP contribution in [-0.4, -0.2) is 40.1 Å². The number of likely N-dealkylation sites (N-methyl/N-ethyl adjacent to an activating group) is 1. The van der Waals surface area contributed by atoms with Crippen molar-refractivity contribution in [2.45, 2.75) is 26.8 Å². The average molecular weight is 261 g/mol. The molecule has 0 aromatic carbocycles. The number of imidazole rings is 1. The van der Waals surface area contributed by atoms with Crippen molar-refractivity contribution in [2.75, 3.05) is 26.4 Å². The van der Waals surface area contributed by atoms with E-state index >= 15 is 0 Å². The van der Waals surface area contributed by atoms with Gasteiger partial charge in [-0.15, -0.1) is 0 Å². The van der Waals surface area contributed by atoms with Gasteiger partial charge >= 0.3 is 0 Å². The van der Waals surface area contributed by atoms with Crippen LogP contribution in [0.1, 0.15) is 25.5 Å². The Balaban J connectivity index is 2.59.